The summed E-state index contributed by atoms with van der Waals surface area (Å²) in [6.45, 7) is 2.24. The normalized spacial score (nSPS) is 10.1. The highest BCUT2D eigenvalue weighted by atomic mass is 35.5. The molecule has 1 aromatic heterocycles. The van der Waals surface area contributed by atoms with Gasteiger partial charge in [-0.15, -0.1) is 11.6 Å². The van der Waals surface area contributed by atoms with Crippen molar-refractivity contribution in [1.29, 1.82) is 0 Å². The number of aromatic nitrogens is 1. The van der Waals surface area contributed by atoms with Crippen LogP contribution in [-0.2, 0) is 11.3 Å². The predicted molar refractivity (Wildman–Crippen MR) is 48.4 cm³/mol. The van der Waals surface area contributed by atoms with E-state index in [1.165, 1.54) is 4.90 Å². The highest BCUT2D eigenvalue weighted by molar-refractivity contribution is 6.27. The van der Waals surface area contributed by atoms with Crippen molar-refractivity contribution in [3.63, 3.8) is 0 Å². The molecule has 72 valence electrons. The van der Waals surface area contributed by atoms with Gasteiger partial charge in [0, 0.05) is 13.1 Å². The van der Waals surface area contributed by atoms with E-state index >= 15 is 0 Å². The fourth-order valence-corrected chi connectivity index (χ4v) is 1.12. The van der Waals surface area contributed by atoms with Crippen LogP contribution in [-0.4, -0.2) is 28.9 Å². The molecule has 0 fully saturated rings. The Morgan fingerprint density at radius 3 is 2.92 bits per heavy atom. The molecule has 0 spiro atoms. The molecule has 1 heterocycles. The van der Waals surface area contributed by atoms with Gasteiger partial charge in [-0.1, -0.05) is 5.16 Å². The minimum atomic E-state index is -0.129. The molecule has 0 aliphatic carbocycles. The van der Waals surface area contributed by atoms with E-state index in [2.05, 4.69) is 5.16 Å². The fraction of sp³-hybridized carbons (Fsp3) is 0.500. The Balaban J connectivity index is 2.54. The van der Waals surface area contributed by atoms with E-state index < -0.39 is 0 Å². The molecular formula is C8H11ClN2O2. The Morgan fingerprint density at radius 2 is 2.46 bits per heavy atom. The predicted octanol–water partition coefficient (Wildman–Crippen LogP) is 1.18. The van der Waals surface area contributed by atoms with Crippen LogP contribution in [0.5, 0.6) is 0 Å². The lowest BCUT2D eigenvalue weighted by atomic mass is 10.3. The second kappa shape index (κ2) is 4.28. The van der Waals surface area contributed by atoms with Gasteiger partial charge in [0.1, 0.15) is 5.88 Å². The summed E-state index contributed by atoms with van der Waals surface area (Å²) in [5.41, 5.74) is 0.807. The lowest BCUT2D eigenvalue weighted by Gasteiger charge is -2.12. The second-order valence-corrected chi connectivity index (χ2v) is 3.09. The van der Waals surface area contributed by atoms with Gasteiger partial charge in [-0.2, -0.15) is 0 Å². The van der Waals surface area contributed by atoms with Crippen molar-refractivity contribution in [2.75, 3.05) is 12.9 Å². The Morgan fingerprint density at radius 1 is 1.77 bits per heavy atom. The van der Waals surface area contributed by atoms with Crippen LogP contribution in [0, 0.1) is 6.92 Å². The Kier molecular flexibility index (Phi) is 3.31. The molecule has 1 aromatic rings. The quantitative estimate of drug-likeness (QED) is 0.692. The van der Waals surface area contributed by atoms with Gasteiger partial charge in [-0.25, -0.2) is 0 Å². The molecule has 1 rings (SSSR count). The third kappa shape index (κ3) is 2.73. The maximum Gasteiger partial charge on any atom is 0.237 e. The minimum Gasteiger partial charge on any atom is -0.359 e. The number of amides is 1. The van der Waals surface area contributed by atoms with Gasteiger partial charge in [0.2, 0.25) is 5.91 Å². The van der Waals surface area contributed by atoms with E-state index in [1.807, 2.05) is 6.92 Å². The van der Waals surface area contributed by atoms with E-state index in [9.17, 15) is 4.79 Å². The Bertz CT molecular complexity index is 298. The van der Waals surface area contributed by atoms with Gasteiger partial charge in [-0.3, -0.25) is 4.79 Å². The summed E-state index contributed by atoms with van der Waals surface area (Å²) in [5.74, 6) is 0.526. The molecule has 0 radical (unpaired) electrons. The van der Waals surface area contributed by atoms with Crippen LogP contribution in [0.2, 0.25) is 0 Å². The van der Waals surface area contributed by atoms with Gasteiger partial charge in [0.15, 0.2) is 5.76 Å². The molecule has 4 nitrogen and oxygen atoms in total. The number of hydrogen-bond donors (Lipinski definition) is 0. The summed E-state index contributed by atoms with van der Waals surface area (Å²) in [6, 6.07) is 1.79. The topological polar surface area (TPSA) is 46.3 Å². The average Bonchev–Trinajstić information content (AvgIpc) is 2.49. The first-order chi connectivity index (χ1) is 6.13. The summed E-state index contributed by atoms with van der Waals surface area (Å²) in [4.78, 5) is 12.5. The molecule has 0 bridgehead atoms. The molecule has 0 unspecified atom stereocenters. The minimum absolute atomic E-state index is 0.0103. The number of nitrogens with zero attached hydrogens (tertiary/aromatic N) is 2. The Hall–Kier alpha value is -1.03. The molecule has 1 amide bonds. The van der Waals surface area contributed by atoms with Gasteiger partial charge in [0.05, 0.1) is 12.2 Å². The van der Waals surface area contributed by atoms with Crippen LogP contribution in [0.15, 0.2) is 10.6 Å². The zero-order chi connectivity index (χ0) is 9.84. The van der Waals surface area contributed by atoms with Crippen molar-refractivity contribution in [1.82, 2.24) is 10.1 Å². The van der Waals surface area contributed by atoms with Crippen LogP contribution >= 0.6 is 11.6 Å². The monoisotopic (exact) mass is 202 g/mol. The summed E-state index contributed by atoms with van der Waals surface area (Å²) in [5, 5.41) is 3.71. The zero-order valence-corrected chi connectivity index (χ0v) is 8.34. The highest BCUT2D eigenvalue weighted by Gasteiger charge is 2.09. The number of hydrogen-bond acceptors (Lipinski definition) is 3. The maximum atomic E-state index is 11.1. The number of halogens is 1. The first-order valence-corrected chi connectivity index (χ1v) is 4.39. The molecule has 0 aromatic carbocycles. The number of carbonyl (C=O) groups is 1. The molecule has 0 aliphatic rings. The van der Waals surface area contributed by atoms with E-state index in [1.54, 1.807) is 13.1 Å². The largest absolute Gasteiger partial charge is 0.359 e. The summed E-state index contributed by atoms with van der Waals surface area (Å²) < 4.78 is 4.94. The van der Waals surface area contributed by atoms with Crippen LogP contribution < -0.4 is 0 Å². The lowest BCUT2D eigenvalue weighted by Crippen LogP contribution is -2.26. The third-order valence-corrected chi connectivity index (χ3v) is 1.84. The summed E-state index contributed by atoms with van der Waals surface area (Å²) in [6.07, 6.45) is 0. The maximum absolute atomic E-state index is 11.1. The molecule has 0 saturated carbocycles. The lowest BCUT2D eigenvalue weighted by molar-refractivity contribution is -0.127. The molecule has 5 heteroatoms. The molecular weight excluding hydrogens is 192 g/mol. The van der Waals surface area contributed by atoms with Crippen LogP contribution in [0.4, 0.5) is 0 Å². The number of aryl methyl sites for hydroxylation is 1. The molecule has 0 aliphatic heterocycles. The summed E-state index contributed by atoms with van der Waals surface area (Å²) in [7, 11) is 1.67. The molecule has 0 atom stereocenters. The van der Waals surface area contributed by atoms with Crippen molar-refractivity contribution in [3.8, 4) is 0 Å². The second-order valence-electron chi connectivity index (χ2n) is 2.82. The van der Waals surface area contributed by atoms with Crippen molar-refractivity contribution < 1.29 is 9.32 Å². The van der Waals surface area contributed by atoms with Crippen LogP contribution in [0.3, 0.4) is 0 Å². The first kappa shape index (κ1) is 10.1. The summed E-state index contributed by atoms with van der Waals surface area (Å²) >= 11 is 5.38. The van der Waals surface area contributed by atoms with Crippen molar-refractivity contribution in [2.45, 2.75) is 13.5 Å². The fourth-order valence-electron chi connectivity index (χ4n) is 0.915. The van der Waals surface area contributed by atoms with E-state index in [-0.39, 0.29) is 11.8 Å². The van der Waals surface area contributed by atoms with Crippen molar-refractivity contribution >= 4 is 17.5 Å². The van der Waals surface area contributed by atoms with Gasteiger partial charge < -0.3 is 9.42 Å². The van der Waals surface area contributed by atoms with E-state index in [4.69, 9.17) is 16.1 Å². The van der Waals surface area contributed by atoms with Crippen LogP contribution in [0.25, 0.3) is 0 Å². The van der Waals surface area contributed by atoms with Gasteiger partial charge in [-0.05, 0) is 6.92 Å². The first-order valence-electron chi connectivity index (χ1n) is 3.85. The smallest absolute Gasteiger partial charge is 0.237 e. The van der Waals surface area contributed by atoms with Gasteiger partial charge >= 0.3 is 0 Å². The highest BCUT2D eigenvalue weighted by Crippen LogP contribution is 2.05. The third-order valence-electron chi connectivity index (χ3n) is 1.61. The van der Waals surface area contributed by atoms with Crippen molar-refractivity contribution in [3.05, 3.63) is 17.5 Å². The number of rotatable bonds is 3. The zero-order valence-electron chi connectivity index (χ0n) is 7.58. The van der Waals surface area contributed by atoms with E-state index in [0.29, 0.717) is 12.3 Å². The van der Waals surface area contributed by atoms with E-state index in [0.717, 1.165) is 5.69 Å². The van der Waals surface area contributed by atoms with Gasteiger partial charge in [0.25, 0.3) is 0 Å². The molecule has 0 N–H and O–H groups in total. The number of alkyl halides is 1. The molecule has 0 saturated heterocycles. The average molecular weight is 203 g/mol. The number of carbonyl (C=O) groups excluding carboxylic acids is 1. The van der Waals surface area contributed by atoms with Crippen molar-refractivity contribution in [2.24, 2.45) is 0 Å². The SMILES string of the molecule is Cc1cc(CN(C)C(=O)CCl)on1. The standard InChI is InChI=1S/C8H11ClN2O2/c1-6-3-7(13-10-6)5-11(2)8(12)4-9/h3H,4-5H2,1-2H3. The molecule has 13 heavy (non-hydrogen) atoms. The van der Waals surface area contributed by atoms with Crippen LogP contribution in [0.1, 0.15) is 11.5 Å². The Labute approximate surface area is 81.4 Å².